The van der Waals surface area contributed by atoms with Crippen molar-refractivity contribution in [3.8, 4) is 11.5 Å². The summed E-state index contributed by atoms with van der Waals surface area (Å²) in [6.45, 7) is 0.210. The van der Waals surface area contributed by atoms with Crippen LogP contribution in [0.15, 0.2) is 36.4 Å². The second-order valence-electron chi connectivity index (χ2n) is 5.81. The van der Waals surface area contributed by atoms with Gasteiger partial charge < -0.3 is 14.2 Å². The predicted molar refractivity (Wildman–Crippen MR) is 78.6 cm³/mol. The molecule has 3 aliphatic rings. The molecule has 0 aromatic heterocycles. The topological polar surface area (TPSA) is 48.1 Å². The van der Waals surface area contributed by atoms with Crippen LogP contribution in [0.25, 0.3) is 0 Å². The predicted octanol–water partition coefficient (Wildman–Crippen LogP) is 3.32. The molecule has 2 atom stereocenters. The minimum atomic E-state index is -0.759. The lowest BCUT2D eigenvalue weighted by atomic mass is 9.96. The van der Waals surface area contributed by atoms with E-state index in [0.29, 0.717) is 28.5 Å². The molecule has 22 heavy (non-hydrogen) atoms. The Balaban J connectivity index is 1.52. The second kappa shape index (κ2) is 4.03. The highest BCUT2D eigenvalue weighted by Gasteiger charge is 2.66. The van der Waals surface area contributed by atoms with Crippen LogP contribution in [0.4, 0.5) is 0 Å². The summed E-state index contributed by atoms with van der Waals surface area (Å²) in [5.41, 5.74) is 1.86. The first-order valence-corrected chi connectivity index (χ1v) is 7.46. The van der Waals surface area contributed by atoms with Crippen LogP contribution in [-0.2, 0) is 11.2 Å². The van der Waals surface area contributed by atoms with Crippen LogP contribution in [0.5, 0.6) is 11.5 Å². The van der Waals surface area contributed by atoms with Crippen molar-refractivity contribution in [2.24, 2.45) is 0 Å². The molecule has 2 heterocycles. The Morgan fingerprint density at radius 1 is 1.09 bits per heavy atom. The number of carbonyl (C=O) groups excluding carboxylic acids is 1. The third-order valence-corrected chi connectivity index (χ3v) is 4.80. The van der Waals surface area contributed by atoms with Crippen molar-refractivity contribution in [3.05, 3.63) is 58.1 Å². The van der Waals surface area contributed by atoms with Gasteiger partial charge in [0.2, 0.25) is 6.79 Å². The smallest absolute Gasteiger partial charge is 0.231 e. The van der Waals surface area contributed by atoms with Crippen LogP contribution in [0.3, 0.4) is 0 Å². The van der Waals surface area contributed by atoms with Gasteiger partial charge in [-0.05, 0) is 35.4 Å². The minimum Gasteiger partial charge on any atom is -0.454 e. The number of fused-ring (bicyclic) bond motifs is 2. The molecule has 2 aromatic rings. The molecule has 0 radical (unpaired) electrons. The van der Waals surface area contributed by atoms with Gasteiger partial charge in [0, 0.05) is 17.0 Å². The Morgan fingerprint density at radius 3 is 2.59 bits per heavy atom. The van der Waals surface area contributed by atoms with Crippen molar-refractivity contribution in [2.45, 2.75) is 18.1 Å². The third-order valence-electron chi connectivity index (χ3n) is 4.55. The zero-order valence-electron chi connectivity index (χ0n) is 11.5. The summed E-state index contributed by atoms with van der Waals surface area (Å²) in [7, 11) is 0. The van der Waals surface area contributed by atoms with Gasteiger partial charge in [-0.25, -0.2) is 0 Å². The van der Waals surface area contributed by atoms with Crippen LogP contribution in [0, 0.1) is 0 Å². The van der Waals surface area contributed by atoms with Crippen LogP contribution >= 0.6 is 11.6 Å². The first-order valence-electron chi connectivity index (χ1n) is 7.08. The highest BCUT2D eigenvalue weighted by Crippen LogP contribution is 2.58. The van der Waals surface area contributed by atoms with Crippen LogP contribution in [0.1, 0.15) is 27.6 Å². The standard InChI is InChI=1S/C17H11ClO4/c18-11-3-1-9(2-4-11)16-17(22-16)7-10-5-13-14(21-8-20-13)6-12(10)15(17)19/h1-6,16H,7-8H2. The molecule has 4 nitrogen and oxygen atoms in total. The van der Waals surface area contributed by atoms with Crippen LogP contribution < -0.4 is 9.47 Å². The summed E-state index contributed by atoms with van der Waals surface area (Å²) in [6.07, 6.45) is 0.367. The first kappa shape index (κ1) is 12.5. The van der Waals surface area contributed by atoms with E-state index in [1.807, 2.05) is 30.3 Å². The van der Waals surface area contributed by atoms with Gasteiger partial charge in [0.15, 0.2) is 22.9 Å². The molecule has 0 bridgehead atoms. The van der Waals surface area contributed by atoms with E-state index in [0.717, 1.165) is 11.1 Å². The number of ether oxygens (including phenoxy) is 3. The number of hydrogen-bond donors (Lipinski definition) is 0. The van der Waals surface area contributed by atoms with E-state index in [1.165, 1.54) is 0 Å². The monoisotopic (exact) mass is 314 g/mol. The molecule has 0 saturated carbocycles. The average Bonchev–Trinajstić information content (AvgIpc) is 2.94. The summed E-state index contributed by atoms with van der Waals surface area (Å²) in [5.74, 6) is 1.36. The molecule has 5 rings (SSSR count). The van der Waals surface area contributed by atoms with E-state index >= 15 is 0 Å². The second-order valence-corrected chi connectivity index (χ2v) is 6.24. The lowest BCUT2D eigenvalue weighted by molar-refractivity contribution is 0.0893. The van der Waals surface area contributed by atoms with E-state index < -0.39 is 5.60 Å². The minimum absolute atomic E-state index is 0.0285. The van der Waals surface area contributed by atoms with Gasteiger partial charge in [-0.15, -0.1) is 0 Å². The fourth-order valence-corrected chi connectivity index (χ4v) is 3.52. The third kappa shape index (κ3) is 1.54. The van der Waals surface area contributed by atoms with E-state index in [2.05, 4.69) is 0 Å². The molecule has 5 heteroatoms. The largest absolute Gasteiger partial charge is 0.454 e. The summed E-state index contributed by atoms with van der Waals surface area (Å²) in [6, 6.07) is 11.1. The lowest BCUT2D eigenvalue weighted by Gasteiger charge is -2.01. The molecule has 1 fully saturated rings. The van der Waals surface area contributed by atoms with E-state index in [1.54, 1.807) is 6.07 Å². The van der Waals surface area contributed by atoms with Crippen molar-refractivity contribution >= 4 is 17.4 Å². The quantitative estimate of drug-likeness (QED) is 0.758. The number of ketones is 1. The highest BCUT2D eigenvalue weighted by atomic mass is 35.5. The fourth-order valence-electron chi connectivity index (χ4n) is 3.39. The summed E-state index contributed by atoms with van der Waals surface area (Å²) < 4.78 is 16.6. The maximum atomic E-state index is 12.8. The van der Waals surface area contributed by atoms with Gasteiger partial charge in [-0.1, -0.05) is 23.7 Å². The number of hydrogen-bond acceptors (Lipinski definition) is 4. The van der Waals surface area contributed by atoms with Crippen LogP contribution in [-0.4, -0.2) is 18.2 Å². The van der Waals surface area contributed by atoms with Crippen molar-refractivity contribution in [3.63, 3.8) is 0 Å². The number of halogens is 1. The molecule has 0 amide bonds. The van der Waals surface area contributed by atoms with Gasteiger partial charge in [0.05, 0.1) is 0 Å². The zero-order chi connectivity index (χ0) is 14.9. The zero-order valence-corrected chi connectivity index (χ0v) is 12.2. The van der Waals surface area contributed by atoms with Gasteiger partial charge >= 0.3 is 0 Å². The van der Waals surface area contributed by atoms with Crippen molar-refractivity contribution in [2.75, 3.05) is 6.79 Å². The number of epoxide rings is 1. The molecule has 1 spiro atoms. The molecule has 1 aliphatic carbocycles. The van der Waals surface area contributed by atoms with Crippen molar-refractivity contribution < 1.29 is 19.0 Å². The van der Waals surface area contributed by atoms with E-state index in [9.17, 15) is 4.79 Å². The normalized spacial score (nSPS) is 27.3. The van der Waals surface area contributed by atoms with Crippen molar-refractivity contribution in [1.29, 1.82) is 0 Å². The summed E-state index contributed by atoms with van der Waals surface area (Å²) in [4.78, 5) is 12.8. The van der Waals surface area contributed by atoms with Gasteiger partial charge in [-0.2, -0.15) is 0 Å². The molecule has 2 aromatic carbocycles. The van der Waals surface area contributed by atoms with Gasteiger partial charge in [0.1, 0.15) is 6.10 Å². The maximum absolute atomic E-state index is 12.8. The summed E-state index contributed by atoms with van der Waals surface area (Å²) >= 11 is 5.91. The molecular formula is C17H11ClO4. The van der Waals surface area contributed by atoms with Crippen molar-refractivity contribution in [1.82, 2.24) is 0 Å². The Hall–Kier alpha value is -2.04. The summed E-state index contributed by atoms with van der Waals surface area (Å²) in [5, 5.41) is 0.671. The molecule has 1 saturated heterocycles. The molecule has 2 aliphatic heterocycles. The van der Waals surface area contributed by atoms with E-state index in [4.69, 9.17) is 25.8 Å². The molecule has 110 valence electrons. The molecule has 2 unspecified atom stereocenters. The maximum Gasteiger partial charge on any atom is 0.231 e. The van der Waals surface area contributed by atoms with Gasteiger partial charge in [0.25, 0.3) is 0 Å². The van der Waals surface area contributed by atoms with Crippen LogP contribution in [0.2, 0.25) is 5.02 Å². The Morgan fingerprint density at radius 2 is 1.82 bits per heavy atom. The SMILES string of the molecule is O=C1c2cc3c(cc2CC12OC2c1ccc(Cl)cc1)OCO3. The lowest BCUT2D eigenvalue weighted by Crippen LogP contribution is -2.20. The Bertz CT molecular complexity index is 814. The van der Waals surface area contributed by atoms with Gasteiger partial charge in [-0.3, -0.25) is 4.79 Å². The number of rotatable bonds is 1. The number of Topliss-reactive ketones (excluding diaryl/α,β-unsaturated/α-hetero) is 1. The number of carbonyl (C=O) groups is 1. The average molecular weight is 315 g/mol. The fraction of sp³-hybridized carbons (Fsp3) is 0.235. The highest BCUT2D eigenvalue weighted by molar-refractivity contribution is 6.30. The Kier molecular flexibility index (Phi) is 2.29. The molecule has 0 N–H and O–H groups in total. The first-order chi connectivity index (χ1) is 10.7. The van der Waals surface area contributed by atoms with E-state index in [-0.39, 0.29) is 18.7 Å². The molecular weight excluding hydrogens is 304 g/mol. The number of benzene rings is 2. The Labute approximate surface area is 131 Å².